The van der Waals surface area contributed by atoms with Crippen LogP contribution in [-0.4, -0.2) is 15.3 Å². The van der Waals surface area contributed by atoms with Gasteiger partial charge in [0.05, 0.1) is 6.20 Å². The molecule has 0 amide bonds. The van der Waals surface area contributed by atoms with Crippen LogP contribution in [0.1, 0.15) is 12.5 Å². The van der Waals surface area contributed by atoms with Gasteiger partial charge in [0.25, 0.3) is 0 Å². The smallest absolute Gasteiger partial charge is 0.259 e. The van der Waals surface area contributed by atoms with E-state index >= 15 is 0 Å². The summed E-state index contributed by atoms with van der Waals surface area (Å²) >= 11 is -0.114. The Morgan fingerprint density at radius 2 is 2.15 bits per heavy atom. The van der Waals surface area contributed by atoms with Gasteiger partial charge < -0.3 is 0 Å². The Morgan fingerprint density at radius 1 is 1.54 bits per heavy atom. The number of hydrogen-bond acceptors (Lipinski definition) is 2. The average molecular weight is 210 g/mol. The number of aromatic nitrogens is 2. The molecule has 1 rings (SSSR count). The molecular formula is C7H9F3N2S. The molecule has 0 spiro atoms. The minimum absolute atomic E-state index is 0.114. The number of alkyl halides is 3. The van der Waals surface area contributed by atoms with Crippen LogP contribution < -0.4 is 0 Å². The van der Waals surface area contributed by atoms with Crippen LogP contribution in [0.5, 0.6) is 0 Å². The van der Waals surface area contributed by atoms with E-state index < -0.39 is 5.51 Å². The molecule has 0 aliphatic rings. The van der Waals surface area contributed by atoms with Crippen molar-refractivity contribution in [1.29, 1.82) is 0 Å². The van der Waals surface area contributed by atoms with E-state index in [1.807, 2.05) is 0 Å². The topological polar surface area (TPSA) is 17.8 Å². The van der Waals surface area contributed by atoms with Gasteiger partial charge in [-0.3, -0.25) is 4.68 Å². The van der Waals surface area contributed by atoms with Crippen LogP contribution >= 0.6 is 11.8 Å². The number of halogens is 3. The van der Waals surface area contributed by atoms with Crippen molar-refractivity contribution in [3.8, 4) is 0 Å². The first-order chi connectivity index (χ1) is 5.94. The Bertz CT molecular complexity index is 292. The van der Waals surface area contributed by atoms with Crippen molar-refractivity contribution in [2.75, 3.05) is 0 Å². The third-order valence-electron chi connectivity index (χ3n) is 1.47. The van der Waals surface area contributed by atoms with Gasteiger partial charge >= 0.3 is 5.51 Å². The molecule has 0 N–H and O–H groups in total. The van der Waals surface area contributed by atoms with Gasteiger partial charge in [-0.2, -0.15) is 18.3 Å². The van der Waals surface area contributed by atoms with Gasteiger partial charge in [0.1, 0.15) is 5.03 Å². The highest BCUT2D eigenvalue weighted by atomic mass is 32.2. The van der Waals surface area contributed by atoms with E-state index in [-0.39, 0.29) is 16.8 Å². The van der Waals surface area contributed by atoms with Crippen LogP contribution in [-0.2, 0) is 6.54 Å². The van der Waals surface area contributed by atoms with Crippen molar-refractivity contribution in [3.05, 3.63) is 11.8 Å². The number of hydrogen-bond donors (Lipinski definition) is 0. The predicted molar refractivity (Wildman–Crippen MR) is 44.6 cm³/mol. The monoisotopic (exact) mass is 210 g/mol. The fourth-order valence-corrected chi connectivity index (χ4v) is 1.65. The molecule has 0 saturated heterocycles. The summed E-state index contributed by atoms with van der Waals surface area (Å²) in [6.07, 6.45) is 1.44. The lowest BCUT2D eigenvalue weighted by atomic mass is 10.4. The molecule has 6 heteroatoms. The SMILES string of the molecule is CCn1ncc(C)c1SC(F)(F)F. The van der Waals surface area contributed by atoms with Gasteiger partial charge in [0.2, 0.25) is 0 Å². The second kappa shape index (κ2) is 3.61. The molecule has 0 aliphatic carbocycles. The van der Waals surface area contributed by atoms with Crippen molar-refractivity contribution in [3.63, 3.8) is 0 Å². The Labute approximate surface area is 78.1 Å². The van der Waals surface area contributed by atoms with Crippen molar-refractivity contribution in [1.82, 2.24) is 9.78 Å². The van der Waals surface area contributed by atoms with Crippen molar-refractivity contribution < 1.29 is 13.2 Å². The van der Waals surface area contributed by atoms with E-state index in [4.69, 9.17) is 0 Å². The zero-order valence-corrected chi connectivity index (χ0v) is 8.04. The van der Waals surface area contributed by atoms with Crippen LogP contribution in [0, 0.1) is 6.92 Å². The van der Waals surface area contributed by atoms with Crippen LogP contribution in [0.2, 0.25) is 0 Å². The summed E-state index contributed by atoms with van der Waals surface area (Å²) in [5, 5.41) is 3.99. The zero-order valence-electron chi connectivity index (χ0n) is 7.22. The highest BCUT2D eigenvalue weighted by molar-refractivity contribution is 8.00. The predicted octanol–water partition coefficient (Wildman–Crippen LogP) is 2.82. The molecule has 2 nitrogen and oxygen atoms in total. The first-order valence-electron chi connectivity index (χ1n) is 3.72. The largest absolute Gasteiger partial charge is 0.447 e. The first-order valence-corrected chi connectivity index (χ1v) is 4.54. The van der Waals surface area contributed by atoms with E-state index in [2.05, 4.69) is 5.10 Å². The molecule has 1 aromatic heterocycles. The second-order valence-electron chi connectivity index (χ2n) is 2.50. The summed E-state index contributed by atoms with van der Waals surface area (Å²) in [6.45, 7) is 3.83. The molecule has 0 bridgehead atoms. The van der Waals surface area contributed by atoms with Crippen LogP contribution in [0.4, 0.5) is 13.2 Å². The van der Waals surface area contributed by atoms with E-state index in [1.54, 1.807) is 13.8 Å². The maximum absolute atomic E-state index is 12.0. The van der Waals surface area contributed by atoms with Gasteiger partial charge in [0.15, 0.2) is 0 Å². The van der Waals surface area contributed by atoms with Crippen LogP contribution in [0.15, 0.2) is 11.2 Å². The van der Waals surface area contributed by atoms with Crippen LogP contribution in [0.3, 0.4) is 0 Å². The Hall–Kier alpha value is -0.650. The molecule has 13 heavy (non-hydrogen) atoms. The molecule has 0 radical (unpaired) electrons. The van der Waals surface area contributed by atoms with Crippen molar-refractivity contribution in [2.45, 2.75) is 30.9 Å². The Kier molecular flexibility index (Phi) is 2.90. The molecule has 0 unspecified atom stereocenters. The maximum atomic E-state index is 12.0. The molecule has 0 fully saturated rings. The van der Waals surface area contributed by atoms with E-state index in [9.17, 15) is 13.2 Å². The lowest BCUT2D eigenvalue weighted by Gasteiger charge is -2.07. The molecule has 74 valence electrons. The van der Waals surface area contributed by atoms with E-state index in [0.717, 1.165) is 0 Å². The van der Waals surface area contributed by atoms with Gasteiger partial charge in [-0.1, -0.05) is 0 Å². The fourth-order valence-electron chi connectivity index (χ4n) is 0.936. The van der Waals surface area contributed by atoms with Crippen molar-refractivity contribution >= 4 is 11.8 Å². The quantitative estimate of drug-likeness (QED) is 0.698. The summed E-state index contributed by atoms with van der Waals surface area (Å²) in [7, 11) is 0. The Balaban J connectivity index is 2.92. The molecule has 0 atom stereocenters. The number of nitrogens with zero attached hydrogens (tertiary/aromatic N) is 2. The first kappa shape index (κ1) is 10.4. The van der Waals surface area contributed by atoms with E-state index in [1.165, 1.54) is 10.9 Å². The summed E-state index contributed by atoms with van der Waals surface area (Å²) in [4.78, 5) is 0. The lowest BCUT2D eigenvalue weighted by Crippen LogP contribution is -2.05. The summed E-state index contributed by atoms with van der Waals surface area (Å²) in [6, 6.07) is 0. The summed E-state index contributed by atoms with van der Waals surface area (Å²) in [5.74, 6) is 0. The summed E-state index contributed by atoms with van der Waals surface area (Å²) < 4.78 is 37.5. The molecule has 0 saturated carbocycles. The third-order valence-corrected chi connectivity index (χ3v) is 2.43. The average Bonchev–Trinajstić information content (AvgIpc) is 2.30. The normalized spacial score (nSPS) is 12.1. The molecule has 0 aliphatic heterocycles. The van der Waals surface area contributed by atoms with Crippen LogP contribution in [0.25, 0.3) is 0 Å². The van der Waals surface area contributed by atoms with Crippen molar-refractivity contribution in [2.24, 2.45) is 0 Å². The summed E-state index contributed by atoms with van der Waals surface area (Å²) in [5.41, 5.74) is -3.68. The standard InChI is InChI=1S/C7H9F3N2S/c1-3-12-6(5(2)4-11-12)13-7(8,9)10/h4H,3H2,1-2H3. The maximum Gasteiger partial charge on any atom is 0.447 e. The molecular weight excluding hydrogens is 201 g/mol. The van der Waals surface area contributed by atoms with Gasteiger partial charge in [-0.15, -0.1) is 0 Å². The van der Waals surface area contributed by atoms with Gasteiger partial charge in [-0.05, 0) is 13.8 Å². The van der Waals surface area contributed by atoms with Gasteiger partial charge in [0, 0.05) is 23.9 Å². The minimum Gasteiger partial charge on any atom is -0.259 e. The zero-order chi connectivity index (χ0) is 10.1. The fraction of sp³-hybridized carbons (Fsp3) is 0.571. The molecule has 0 aromatic carbocycles. The third kappa shape index (κ3) is 2.65. The highest BCUT2D eigenvalue weighted by Crippen LogP contribution is 2.38. The minimum atomic E-state index is -4.24. The lowest BCUT2D eigenvalue weighted by molar-refractivity contribution is -0.0331. The number of aryl methyl sites for hydroxylation is 2. The highest BCUT2D eigenvalue weighted by Gasteiger charge is 2.31. The number of thioether (sulfide) groups is 1. The molecule has 1 aromatic rings. The molecule has 1 heterocycles. The van der Waals surface area contributed by atoms with E-state index in [0.29, 0.717) is 12.1 Å². The number of rotatable bonds is 2. The second-order valence-corrected chi connectivity index (χ2v) is 3.55. The van der Waals surface area contributed by atoms with Gasteiger partial charge in [-0.25, -0.2) is 0 Å². The Morgan fingerprint density at radius 3 is 2.62 bits per heavy atom.